The minimum absolute atomic E-state index is 0.0225. The Bertz CT molecular complexity index is 868. The van der Waals surface area contributed by atoms with Crippen LogP contribution in [0.25, 0.3) is 6.08 Å². The average Bonchev–Trinajstić information content (AvgIpc) is 2.66. The van der Waals surface area contributed by atoms with E-state index in [4.69, 9.17) is 4.74 Å². The molecule has 0 heterocycles. The van der Waals surface area contributed by atoms with Gasteiger partial charge < -0.3 is 4.74 Å². The van der Waals surface area contributed by atoms with Gasteiger partial charge in [-0.2, -0.15) is 0 Å². The van der Waals surface area contributed by atoms with Crippen LogP contribution in [0.15, 0.2) is 89.4 Å². The van der Waals surface area contributed by atoms with E-state index in [1.54, 1.807) is 12.1 Å². The molecule has 0 bridgehead atoms. The molecule has 0 aliphatic rings. The van der Waals surface area contributed by atoms with E-state index in [1.165, 1.54) is 0 Å². The lowest BCUT2D eigenvalue weighted by Crippen LogP contribution is -1.95. The minimum atomic E-state index is -0.0225. The Morgan fingerprint density at radius 2 is 1.68 bits per heavy atom. The number of hydrogen-bond donors (Lipinski definition) is 0. The van der Waals surface area contributed by atoms with Gasteiger partial charge in [0.25, 0.3) is 0 Å². The molecule has 124 valence electrons. The molecule has 0 aliphatic carbocycles. The first-order chi connectivity index (χ1) is 12.2. The lowest BCUT2D eigenvalue weighted by Gasteiger charge is -2.06. The van der Waals surface area contributed by atoms with E-state index in [1.807, 2.05) is 78.9 Å². The number of halogens is 1. The van der Waals surface area contributed by atoms with E-state index in [2.05, 4.69) is 15.9 Å². The van der Waals surface area contributed by atoms with E-state index in [-0.39, 0.29) is 5.78 Å². The predicted molar refractivity (Wildman–Crippen MR) is 105 cm³/mol. The third-order valence-electron chi connectivity index (χ3n) is 3.66. The fraction of sp³-hybridized carbons (Fsp3) is 0.0455. The third kappa shape index (κ3) is 5.16. The van der Waals surface area contributed by atoms with Crippen LogP contribution in [0.2, 0.25) is 0 Å². The highest BCUT2D eigenvalue weighted by molar-refractivity contribution is 9.10. The number of allylic oxidation sites excluding steroid dienone is 1. The van der Waals surface area contributed by atoms with Crippen molar-refractivity contribution in [1.29, 1.82) is 0 Å². The molecule has 0 fully saturated rings. The van der Waals surface area contributed by atoms with Crippen LogP contribution in [-0.2, 0) is 6.61 Å². The van der Waals surface area contributed by atoms with Crippen LogP contribution in [-0.4, -0.2) is 5.78 Å². The fourth-order valence-electron chi connectivity index (χ4n) is 2.33. The molecule has 25 heavy (non-hydrogen) atoms. The highest BCUT2D eigenvalue weighted by Gasteiger charge is 2.02. The Kier molecular flexibility index (Phi) is 5.81. The molecular weight excluding hydrogens is 376 g/mol. The van der Waals surface area contributed by atoms with E-state index >= 15 is 0 Å². The van der Waals surface area contributed by atoms with E-state index < -0.39 is 0 Å². The Balaban J connectivity index is 1.59. The van der Waals surface area contributed by atoms with Crippen molar-refractivity contribution in [3.63, 3.8) is 0 Å². The molecule has 3 rings (SSSR count). The number of hydrogen-bond acceptors (Lipinski definition) is 2. The average molecular weight is 393 g/mol. The maximum absolute atomic E-state index is 12.2. The first-order valence-corrected chi connectivity index (χ1v) is 8.75. The van der Waals surface area contributed by atoms with Gasteiger partial charge in [0.05, 0.1) is 0 Å². The van der Waals surface area contributed by atoms with E-state index in [9.17, 15) is 4.79 Å². The lowest BCUT2D eigenvalue weighted by molar-refractivity contribution is 0.104. The standard InChI is InChI=1S/C22H17BrO2/c23-20-8-4-7-19(15-20)22(24)14-11-17-9-12-21(13-10-17)25-16-18-5-2-1-3-6-18/h1-15H,16H2. The number of ketones is 1. The van der Waals surface area contributed by atoms with Crippen molar-refractivity contribution < 1.29 is 9.53 Å². The van der Waals surface area contributed by atoms with Crippen LogP contribution in [0.1, 0.15) is 21.5 Å². The second-order valence-corrected chi connectivity index (χ2v) is 6.47. The number of carbonyl (C=O) groups excluding carboxylic acids is 1. The number of rotatable bonds is 6. The van der Waals surface area contributed by atoms with Crippen molar-refractivity contribution in [1.82, 2.24) is 0 Å². The molecule has 0 aromatic heterocycles. The number of carbonyl (C=O) groups is 1. The molecular formula is C22H17BrO2. The van der Waals surface area contributed by atoms with Crippen molar-refractivity contribution in [2.24, 2.45) is 0 Å². The Morgan fingerprint density at radius 3 is 2.40 bits per heavy atom. The van der Waals surface area contributed by atoms with Crippen LogP contribution in [0.4, 0.5) is 0 Å². The van der Waals surface area contributed by atoms with Crippen molar-refractivity contribution in [2.75, 3.05) is 0 Å². The van der Waals surface area contributed by atoms with Gasteiger partial charge in [0.1, 0.15) is 12.4 Å². The van der Waals surface area contributed by atoms with Crippen molar-refractivity contribution in [2.45, 2.75) is 6.61 Å². The Labute approximate surface area is 155 Å². The predicted octanol–water partition coefficient (Wildman–Crippen LogP) is 5.92. The quantitative estimate of drug-likeness (QED) is 0.384. The summed E-state index contributed by atoms with van der Waals surface area (Å²) in [5, 5.41) is 0. The van der Waals surface area contributed by atoms with Gasteiger partial charge in [-0.15, -0.1) is 0 Å². The van der Waals surface area contributed by atoms with Gasteiger partial charge in [-0.05, 0) is 41.5 Å². The first-order valence-electron chi connectivity index (χ1n) is 7.95. The molecule has 3 aromatic carbocycles. The summed E-state index contributed by atoms with van der Waals surface area (Å²) >= 11 is 3.38. The van der Waals surface area contributed by atoms with Gasteiger partial charge in [-0.3, -0.25) is 4.79 Å². The highest BCUT2D eigenvalue weighted by atomic mass is 79.9. The maximum atomic E-state index is 12.2. The largest absolute Gasteiger partial charge is 0.489 e. The summed E-state index contributed by atoms with van der Waals surface area (Å²) in [7, 11) is 0. The fourth-order valence-corrected chi connectivity index (χ4v) is 2.73. The van der Waals surface area contributed by atoms with Gasteiger partial charge >= 0.3 is 0 Å². The molecule has 0 aliphatic heterocycles. The summed E-state index contributed by atoms with van der Waals surface area (Å²) in [5.74, 6) is 0.782. The molecule has 0 saturated heterocycles. The van der Waals surface area contributed by atoms with Crippen molar-refractivity contribution >= 4 is 27.8 Å². The van der Waals surface area contributed by atoms with Gasteiger partial charge in [-0.25, -0.2) is 0 Å². The number of ether oxygens (including phenoxy) is 1. The smallest absolute Gasteiger partial charge is 0.185 e. The van der Waals surface area contributed by atoms with E-state index in [0.29, 0.717) is 12.2 Å². The molecule has 0 radical (unpaired) electrons. The molecule has 0 amide bonds. The molecule has 0 unspecified atom stereocenters. The summed E-state index contributed by atoms with van der Waals surface area (Å²) in [6.45, 7) is 0.539. The molecule has 0 spiro atoms. The van der Waals surface area contributed by atoms with Gasteiger partial charge in [0, 0.05) is 10.0 Å². The summed E-state index contributed by atoms with van der Waals surface area (Å²) in [6.07, 6.45) is 3.39. The van der Waals surface area contributed by atoms with E-state index in [0.717, 1.165) is 21.3 Å². The van der Waals surface area contributed by atoms with Crippen LogP contribution in [0.5, 0.6) is 5.75 Å². The molecule has 0 saturated carbocycles. The van der Waals surface area contributed by atoms with Gasteiger partial charge in [-0.1, -0.05) is 76.6 Å². The molecule has 3 aromatic rings. The van der Waals surface area contributed by atoms with Crippen LogP contribution >= 0.6 is 15.9 Å². The summed E-state index contributed by atoms with van der Waals surface area (Å²) < 4.78 is 6.65. The van der Waals surface area contributed by atoms with Crippen molar-refractivity contribution in [3.05, 3.63) is 106 Å². The topological polar surface area (TPSA) is 26.3 Å². The van der Waals surface area contributed by atoms with Crippen LogP contribution < -0.4 is 4.74 Å². The molecule has 0 atom stereocenters. The van der Waals surface area contributed by atoms with Crippen molar-refractivity contribution in [3.8, 4) is 5.75 Å². The molecule has 3 heteroatoms. The Morgan fingerprint density at radius 1 is 0.920 bits per heavy atom. The molecule has 2 nitrogen and oxygen atoms in total. The maximum Gasteiger partial charge on any atom is 0.185 e. The normalized spacial score (nSPS) is 10.8. The Hall–Kier alpha value is -2.65. The minimum Gasteiger partial charge on any atom is -0.489 e. The van der Waals surface area contributed by atoms with Gasteiger partial charge in [0.15, 0.2) is 5.78 Å². The zero-order valence-corrected chi connectivity index (χ0v) is 15.1. The first kappa shape index (κ1) is 17.2. The lowest BCUT2D eigenvalue weighted by atomic mass is 10.1. The molecule has 0 N–H and O–H groups in total. The number of benzene rings is 3. The SMILES string of the molecule is O=C(C=Cc1ccc(OCc2ccccc2)cc1)c1cccc(Br)c1. The zero-order valence-electron chi connectivity index (χ0n) is 13.6. The van der Waals surface area contributed by atoms with Crippen LogP contribution in [0, 0.1) is 0 Å². The summed E-state index contributed by atoms with van der Waals surface area (Å²) in [6, 6.07) is 25.1. The zero-order chi connectivity index (χ0) is 17.5. The highest BCUT2D eigenvalue weighted by Crippen LogP contribution is 2.16. The van der Waals surface area contributed by atoms with Crippen LogP contribution in [0.3, 0.4) is 0 Å². The monoisotopic (exact) mass is 392 g/mol. The second kappa shape index (κ2) is 8.45. The second-order valence-electron chi connectivity index (χ2n) is 5.55. The summed E-state index contributed by atoms with van der Waals surface area (Å²) in [5.41, 5.74) is 2.75. The summed E-state index contributed by atoms with van der Waals surface area (Å²) in [4.78, 5) is 12.2. The van der Waals surface area contributed by atoms with Gasteiger partial charge in [0.2, 0.25) is 0 Å². The third-order valence-corrected chi connectivity index (χ3v) is 4.16.